The number of benzene rings is 2. The van der Waals surface area contributed by atoms with E-state index in [-0.39, 0.29) is 28.7 Å². The highest BCUT2D eigenvalue weighted by atomic mass is 32.2. The SMILES string of the molecule is CC(C)(C)[Si](C)(C)NS(=O)(=O)c1ccc(NC(=S)CC(=O)c2csc3ccccc23)cc1.CCO. The molecule has 3 aromatic rings. The zero-order valence-corrected chi connectivity index (χ0v) is 24.5. The summed E-state index contributed by atoms with van der Waals surface area (Å²) in [6, 6.07) is 14.2. The van der Waals surface area contributed by atoms with Gasteiger partial charge in [0, 0.05) is 33.3 Å². The largest absolute Gasteiger partial charge is 0.397 e. The van der Waals surface area contributed by atoms with E-state index in [0.29, 0.717) is 16.2 Å². The van der Waals surface area contributed by atoms with E-state index in [4.69, 9.17) is 17.3 Å². The molecule has 0 saturated carbocycles. The summed E-state index contributed by atoms with van der Waals surface area (Å²) in [5.41, 5.74) is 1.32. The molecule has 190 valence electrons. The van der Waals surface area contributed by atoms with Crippen molar-refractivity contribution in [2.45, 2.75) is 57.1 Å². The normalized spacial score (nSPS) is 12.1. The van der Waals surface area contributed by atoms with Crippen molar-refractivity contribution in [3.8, 4) is 0 Å². The van der Waals surface area contributed by atoms with Crippen LogP contribution >= 0.6 is 23.6 Å². The van der Waals surface area contributed by atoms with Crippen LogP contribution in [0.1, 0.15) is 44.5 Å². The lowest BCUT2D eigenvalue weighted by Gasteiger charge is -2.36. The number of fused-ring (bicyclic) bond motifs is 1. The summed E-state index contributed by atoms with van der Waals surface area (Å²) in [7, 11) is -5.86. The second kappa shape index (κ2) is 11.9. The molecule has 0 aliphatic carbocycles. The number of anilines is 1. The Morgan fingerprint density at radius 3 is 2.23 bits per heavy atom. The number of rotatable bonds is 7. The van der Waals surface area contributed by atoms with E-state index >= 15 is 0 Å². The number of ketones is 1. The lowest BCUT2D eigenvalue weighted by atomic mass is 10.1. The average molecular weight is 551 g/mol. The number of thiocarbonyl (C=S) groups is 1. The highest BCUT2D eigenvalue weighted by Gasteiger charge is 2.39. The number of hydrogen-bond acceptors (Lipinski definition) is 6. The van der Waals surface area contributed by atoms with E-state index in [2.05, 4.69) is 30.5 Å². The lowest BCUT2D eigenvalue weighted by molar-refractivity contribution is 0.100. The highest BCUT2D eigenvalue weighted by molar-refractivity contribution is 7.91. The molecular weight excluding hydrogens is 517 g/mol. The Kier molecular flexibility index (Phi) is 9.92. The van der Waals surface area contributed by atoms with Gasteiger partial charge in [-0.05, 0) is 42.3 Å². The van der Waals surface area contributed by atoms with Gasteiger partial charge in [-0.3, -0.25) is 4.79 Å². The number of thiophene rings is 1. The summed E-state index contributed by atoms with van der Waals surface area (Å²) in [6.07, 6.45) is 0.0863. The summed E-state index contributed by atoms with van der Waals surface area (Å²) in [5, 5.41) is 13.3. The molecule has 1 heterocycles. The molecule has 0 fully saturated rings. The smallest absolute Gasteiger partial charge is 0.234 e. The fourth-order valence-corrected chi connectivity index (χ4v) is 9.00. The van der Waals surface area contributed by atoms with Gasteiger partial charge in [0.1, 0.15) is 8.24 Å². The number of sulfonamides is 1. The third-order valence-corrected chi connectivity index (χ3v) is 14.8. The molecule has 1 aromatic heterocycles. The van der Waals surface area contributed by atoms with Gasteiger partial charge in [-0.15, -0.1) is 11.3 Å². The minimum absolute atomic E-state index is 0.0438. The van der Waals surface area contributed by atoms with Crippen molar-refractivity contribution < 1.29 is 18.3 Å². The first-order valence-electron chi connectivity index (χ1n) is 11.3. The molecule has 35 heavy (non-hydrogen) atoms. The van der Waals surface area contributed by atoms with Crippen molar-refractivity contribution in [3.63, 3.8) is 0 Å². The van der Waals surface area contributed by atoms with Crippen molar-refractivity contribution in [1.29, 1.82) is 0 Å². The van der Waals surface area contributed by atoms with Crippen LogP contribution in [0.15, 0.2) is 58.8 Å². The van der Waals surface area contributed by atoms with Gasteiger partial charge in [0.2, 0.25) is 10.0 Å². The fraction of sp³-hybridized carbons (Fsp3) is 0.360. The third kappa shape index (κ3) is 7.76. The van der Waals surface area contributed by atoms with E-state index in [9.17, 15) is 13.2 Å². The van der Waals surface area contributed by atoms with Gasteiger partial charge >= 0.3 is 0 Å². The lowest BCUT2D eigenvalue weighted by Crippen LogP contribution is -2.54. The fourth-order valence-electron chi connectivity index (χ4n) is 2.91. The molecule has 0 spiro atoms. The molecule has 0 amide bonds. The first-order chi connectivity index (χ1) is 16.2. The first kappa shape index (κ1) is 29.3. The number of aliphatic hydroxyl groups excluding tert-OH is 1. The predicted molar refractivity (Wildman–Crippen MR) is 154 cm³/mol. The molecule has 0 radical (unpaired) electrons. The van der Waals surface area contributed by atoms with Crippen LogP contribution in [0.4, 0.5) is 5.69 Å². The molecule has 10 heteroatoms. The molecular formula is C25H34N2O4S3Si. The third-order valence-electron chi connectivity index (χ3n) is 5.82. The average Bonchev–Trinajstić information content (AvgIpc) is 3.17. The van der Waals surface area contributed by atoms with Crippen LogP contribution in [-0.2, 0) is 10.0 Å². The number of nitrogens with one attached hydrogen (secondary N) is 2. The molecule has 6 nitrogen and oxygen atoms in total. The number of carbonyl (C=O) groups excluding carboxylic acids is 1. The van der Waals surface area contributed by atoms with Gasteiger partial charge in [-0.25, -0.2) is 12.8 Å². The molecule has 0 aliphatic rings. The quantitative estimate of drug-likeness (QED) is 0.184. The summed E-state index contributed by atoms with van der Waals surface area (Å²) < 4.78 is 29.7. The summed E-state index contributed by atoms with van der Waals surface area (Å²) in [5.74, 6) is -0.0438. The van der Waals surface area contributed by atoms with Gasteiger partial charge in [0.05, 0.1) is 16.3 Å². The molecule has 3 N–H and O–H groups in total. The van der Waals surface area contributed by atoms with E-state index in [0.717, 1.165) is 10.1 Å². The number of aliphatic hydroxyl groups is 1. The molecule has 0 unspecified atom stereocenters. The van der Waals surface area contributed by atoms with Crippen LogP contribution in [0.25, 0.3) is 10.1 Å². The van der Waals surface area contributed by atoms with Crippen molar-refractivity contribution in [2.24, 2.45) is 0 Å². The van der Waals surface area contributed by atoms with Crippen LogP contribution in [0.2, 0.25) is 18.1 Å². The molecule has 0 bridgehead atoms. The van der Waals surface area contributed by atoms with Crippen molar-refractivity contribution >= 4 is 68.4 Å². The minimum Gasteiger partial charge on any atom is -0.397 e. The zero-order chi connectivity index (χ0) is 26.4. The predicted octanol–water partition coefficient (Wildman–Crippen LogP) is 6.20. The molecule has 2 aromatic carbocycles. The molecule has 0 saturated heterocycles. The topological polar surface area (TPSA) is 95.5 Å². The Hall–Kier alpha value is -1.95. The second-order valence-electron chi connectivity index (χ2n) is 9.61. The molecule has 0 aliphatic heterocycles. The van der Waals surface area contributed by atoms with Crippen LogP contribution in [0, 0.1) is 0 Å². The van der Waals surface area contributed by atoms with E-state index in [1.165, 1.54) is 11.3 Å². The van der Waals surface area contributed by atoms with Crippen molar-refractivity contribution in [3.05, 3.63) is 59.5 Å². The van der Waals surface area contributed by atoms with Gasteiger partial charge < -0.3 is 10.4 Å². The van der Waals surface area contributed by atoms with E-state index < -0.39 is 18.3 Å². The van der Waals surface area contributed by atoms with Gasteiger partial charge in [0.15, 0.2) is 5.78 Å². The van der Waals surface area contributed by atoms with Crippen molar-refractivity contribution in [1.82, 2.24) is 4.39 Å². The maximum Gasteiger partial charge on any atom is 0.234 e. The van der Waals surface area contributed by atoms with E-state index in [1.54, 1.807) is 31.2 Å². The Morgan fingerprint density at radius 2 is 1.66 bits per heavy atom. The maximum absolute atomic E-state index is 12.8. The van der Waals surface area contributed by atoms with Crippen LogP contribution < -0.4 is 9.70 Å². The van der Waals surface area contributed by atoms with Gasteiger partial charge in [-0.1, -0.05) is 64.3 Å². The Balaban J connectivity index is 0.00000137. The minimum atomic E-state index is -3.62. The summed E-state index contributed by atoms with van der Waals surface area (Å²) in [4.78, 5) is 13.3. The van der Waals surface area contributed by atoms with Gasteiger partial charge in [-0.2, -0.15) is 0 Å². The summed E-state index contributed by atoms with van der Waals surface area (Å²) >= 11 is 6.91. The first-order valence-corrected chi connectivity index (χ1v) is 17.0. The van der Waals surface area contributed by atoms with Crippen LogP contribution in [0.3, 0.4) is 0 Å². The molecule has 3 rings (SSSR count). The van der Waals surface area contributed by atoms with Crippen molar-refractivity contribution in [2.75, 3.05) is 11.9 Å². The van der Waals surface area contributed by atoms with Crippen LogP contribution in [0.5, 0.6) is 0 Å². The standard InChI is InChI=1S/C23H28N2O3S3Si.C2H6O/c1-23(2,3)32(4,5)25-31(27,28)17-12-10-16(11-13-17)24-22(29)14-20(26)19-15-30-21-9-7-6-8-18(19)21;1-2-3/h6-13,15,25H,14H2,1-5H3,(H,24,29);3H,2H2,1H3. The Morgan fingerprint density at radius 1 is 1.09 bits per heavy atom. The van der Waals surface area contributed by atoms with E-state index in [1.807, 2.05) is 42.7 Å². The number of Topliss-reactive ketones (excluding diaryl/α,β-unsaturated/α-hetero) is 1. The maximum atomic E-state index is 12.8. The zero-order valence-electron chi connectivity index (χ0n) is 21.0. The number of hydrogen-bond donors (Lipinski definition) is 3. The number of carbonyl (C=O) groups is 1. The molecule has 0 atom stereocenters. The monoisotopic (exact) mass is 550 g/mol. The van der Waals surface area contributed by atoms with Gasteiger partial charge in [0.25, 0.3) is 0 Å². The van der Waals surface area contributed by atoms with Crippen LogP contribution in [-0.4, -0.2) is 39.1 Å². The Labute approximate surface area is 218 Å². The second-order valence-corrected chi connectivity index (χ2v) is 18.1. The summed E-state index contributed by atoms with van der Waals surface area (Å²) in [6.45, 7) is 12.1. The highest BCUT2D eigenvalue weighted by Crippen LogP contribution is 2.35. The Bertz CT molecular complexity index is 1280.